The van der Waals surface area contributed by atoms with Crippen LogP contribution in [0.1, 0.15) is 21.5 Å². The number of carbonyl (C=O) groups excluding carboxylic acids is 1. The van der Waals surface area contributed by atoms with Crippen LogP contribution in [0, 0.1) is 6.92 Å². The number of hydrogen-bond acceptors (Lipinski definition) is 4. The quantitative estimate of drug-likeness (QED) is 0.788. The second kappa shape index (κ2) is 6.17. The first-order chi connectivity index (χ1) is 10.0. The smallest absolute Gasteiger partial charge is 0.248 e. The fraction of sp³-hybridized carbons (Fsp3) is 0.188. The number of aryl methyl sites for hydroxylation is 1. The standard InChI is InChI=1S/C16H18N2O3/c1-10-3-5-14(19)12(7-10)9-18-13-8-11(16(17)20)4-6-15(13)21-2/h3-8,18-19H,9H2,1-2H3,(H2,17,20). The molecule has 0 aliphatic carbocycles. The van der Waals surface area contributed by atoms with Crippen LogP contribution in [0.25, 0.3) is 0 Å². The fourth-order valence-electron chi connectivity index (χ4n) is 2.05. The van der Waals surface area contributed by atoms with E-state index in [0.717, 1.165) is 11.1 Å². The summed E-state index contributed by atoms with van der Waals surface area (Å²) < 4.78 is 5.25. The Morgan fingerprint density at radius 1 is 1.29 bits per heavy atom. The zero-order chi connectivity index (χ0) is 15.4. The number of methoxy groups -OCH3 is 1. The van der Waals surface area contributed by atoms with E-state index in [1.165, 1.54) is 0 Å². The summed E-state index contributed by atoms with van der Waals surface area (Å²) in [6, 6.07) is 10.3. The van der Waals surface area contributed by atoms with Gasteiger partial charge in [-0.15, -0.1) is 0 Å². The summed E-state index contributed by atoms with van der Waals surface area (Å²) in [5, 5.41) is 13.0. The molecule has 0 radical (unpaired) electrons. The Hall–Kier alpha value is -2.69. The first-order valence-electron chi connectivity index (χ1n) is 6.51. The van der Waals surface area contributed by atoms with Crippen molar-refractivity contribution in [2.24, 2.45) is 5.73 Å². The Balaban J connectivity index is 2.24. The van der Waals surface area contributed by atoms with Crippen molar-refractivity contribution in [3.05, 3.63) is 53.1 Å². The minimum Gasteiger partial charge on any atom is -0.508 e. The van der Waals surface area contributed by atoms with Gasteiger partial charge in [0.05, 0.1) is 12.8 Å². The van der Waals surface area contributed by atoms with Gasteiger partial charge in [-0.05, 0) is 31.2 Å². The van der Waals surface area contributed by atoms with Crippen molar-refractivity contribution >= 4 is 11.6 Å². The number of benzene rings is 2. The van der Waals surface area contributed by atoms with Gasteiger partial charge >= 0.3 is 0 Å². The highest BCUT2D eigenvalue weighted by Gasteiger charge is 2.09. The van der Waals surface area contributed by atoms with Gasteiger partial charge in [0.15, 0.2) is 0 Å². The van der Waals surface area contributed by atoms with E-state index in [0.29, 0.717) is 23.5 Å². The van der Waals surface area contributed by atoms with Crippen LogP contribution in [0.5, 0.6) is 11.5 Å². The van der Waals surface area contributed by atoms with E-state index in [4.69, 9.17) is 10.5 Å². The molecule has 0 atom stereocenters. The second-order valence-corrected chi connectivity index (χ2v) is 4.77. The maximum absolute atomic E-state index is 11.2. The lowest BCUT2D eigenvalue weighted by Gasteiger charge is -2.13. The maximum atomic E-state index is 11.2. The topological polar surface area (TPSA) is 84.6 Å². The number of aromatic hydroxyl groups is 1. The van der Waals surface area contributed by atoms with Gasteiger partial charge in [-0.3, -0.25) is 4.79 Å². The fourth-order valence-corrected chi connectivity index (χ4v) is 2.05. The molecule has 21 heavy (non-hydrogen) atoms. The van der Waals surface area contributed by atoms with Crippen LogP contribution in [0.15, 0.2) is 36.4 Å². The lowest BCUT2D eigenvalue weighted by atomic mass is 10.1. The molecule has 0 heterocycles. The molecule has 0 saturated heterocycles. The van der Waals surface area contributed by atoms with Crippen LogP contribution < -0.4 is 15.8 Å². The lowest BCUT2D eigenvalue weighted by molar-refractivity contribution is 0.100. The van der Waals surface area contributed by atoms with Gasteiger partial charge < -0.3 is 20.9 Å². The average molecular weight is 286 g/mol. The molecule has 0 spiro atoms. The highest BCUT2D eigenvalue weighted by atomic mass is 16.5. The van der Waals surface area contributed by atoms with E-state index in [2.05, 4.69) is 5.32 Å². The number of primary amides is 1. The summed E-state index contributed by atoms with van der Waals surface area (Å²) in [7, 11) is 1.55. The summed E-state index contributed by atoms with van der Waals surface area (Å²) in [6.45, 7) is 2.36. The van der Waals surface area contributed by atoms with Crippen LogP contribution in [-0.2, 0) is 6.54 Å². The Bertz CT molecular complexity index is 669. The number of ether oxygens (including phenoxy) is 1. The van der Waals surface area contributed by atoms with E-state index in [-0.39, 0.29) is 5.75 Å². The Labute approximate surface area is 123 Å². The van der Waals surface area contributed by atoms with Crippen molar-refractivity contribution in [1.82, 2.24) is 0 Å². The molecule has 110 valence electrons. The Morgan fingerprint density at radius 3 is 2.71 bits per heavy atom. The van der Waals surface area contributed by atoms with Crippen LogP contribution in [0.2, 0.25) is 0 Å². The molecule has 2 aromatic rings. The molecule has 5 nitrogen and oxygen atoms in total. The first kappa shape index (κ1) is 14.7. The predicted molar refractivity (Wildman–Crippen MR) is 81.7 cm³/mol. The largest absolute Gasteiger partial charge is 0.508 e. The van der Waals surface area contributed by atoms with Crippen LogP contribution >= 0.6 is 0 Å². The molecule has 0 fully saturated rings. The first-order valence-corrected chi connectivity index (χ1v) is 6.51. The lowest BCUT2D eigenvalue weighted by Crippen LogP contribution is -2.12. The van der Waals surface area contributed by atoms with Gasteiger partial charge in [0, 0.05) is 17.7 Å². The monoisotopic (exact) mass is 286 g/mol. The maximum Gasteiger partial charge on any atom is 0.248 e. The van der Waals surface area contributed by atoms with Crippen molar-refractivity contribution < 1.29 is 14.6 Å². The van der Waals surface area contributed by atoms with Gasteiger partial charge in [-0.1, -0.05) is 17.7 Å². The van der Waals surface area contributed by atoms with Crippen molar-refractivity contribution in [3.63, 3.8) is 0 Å². The van der Waals surface area contributed by atoms with E-state index >= 15 is 0 Å². The van der Waals surface area contributed by atoms with Crippen molar-refractivity contribution in [2.45, 2.75) is 13.5 Å². The molecule has 0 aromatic heterocycles. The summed E-state index contributed by atoms with van der Waals surface area (Å²) in [5.41, 5.74) is 8.14. The van der Waals surface area contributed by atoms with Gasteiger partial charge in [-0.25, -0.2) is 0 Å². The third kappa shape index (κ3) is 3.45. The molecule has 5 heteroatoms. The third-order valence-electron chi connectivity index (χ3n) is 3.19. The van der Waals surface area contributed by atoms with Gasteiger partial charge in [0.1, 0.15) is 11.5 Å². The molecule has 0 saturated carbocycles. The Kier molecular flexibility index (Phi) is 4.33. The molecule has 0 aliphatic heterocycles. The number of carbonyl (C=O) groups is 1. The highest BCUT2D eigenvalue weighted by molar-refractivity contribution is 5.94. The number of hydrogen-bond donors (Lipinski definition) is 3. The Morgan fingerprint density at radius 2 is 2.05 bits per heavy atom. The van der Waals surface area contributed by atoms with Crippen molar-refractivity contribution in [2.75, 3.05) is 12.4 Å². The number of rotatable bonds is 5. The molecule has 0 unspecified atom stereocenters. The number of phenolic OH excluding ortho intramolecular Hbond substituents is 1. The van der Waals surface area contributed by atoms with Crippen molar-refractivity contribution in [3.8, 4) is 11.5 Å². The van der Waals surface area contributed by atoms with Crippen LogP contribution in [-0.4, -0.2) is 18.1 Å². The molecule has 0 aliphatic rings. The van der Waals surface area contributed by atoms with Gasteiger partial charge in [-0.2, -0.15) is 0 Å². The number of nitrogens with one attached hydrogen (secondary N) is 1. The van der Waals surface area contributed by atoms with E-state index in [1.807, 2.05) is 19.1 Å². The van der Waals surface area contributed by atoms with Crippen LogP contribution in [0.3, 0.4) is 0 Å². The third-order valence-corrected chi connectivity index (χ3v) is 3.19. The summed E-state index contributed by atoms with van der Waals surface area (Å²) in [5.74, 6) is 0.323. The molecule has 0 bridgehead atoms. The zero-order valence-electron chi connectivity index (χ0n) is 12.0. The SMILES string of the molecule is COc1ccc(C(N)=O)cc1NCc1cc(C)ccc1O. The van der Waals surface area contributed by atoms with E-state index < -0.39 is 5.91 Å². The molecular weight excluding hydrogens is 268 g/mol. The second-order valence-electron chi connectivity index (χ2n) is 4.77. The molecular formula is C16H18N2O3. The van der Waals surface area contributed by atoms with Crippen molar-refractivity contribution in [1.29, 1.82) is 0 Å². The minimum absolute atomic E-state index is 0.220. The van der Waals surface area contributed by atoms with Gasteiger partial charge in [0.2, 0.25) is 5.91 Å². The van der Waals surface area contributed by atoms with E-state index in [1.54, 1.807) is 31.4 Å². The number of amides is 1. The predicted octanol–water partition coefficient (Wildman–Crippen LogP) is 2.42. The number of phenols is 1. The highest BCUT2D eigenvalue weighted by Crippen LogP contribution is 2.27. The molecule has 1 amide bonds. The summed E-state index contributed by atoms with van der Waals surface area (Å²) in [6.07, 6.45) is 0. The van der Waals surface area contributed by atoms with Crippen LogP contribution in [0.4, 0.5) is 5.69 Å². The molecule has 2 aromatic carbocycles. The van der Waals surface area contributed by atoms with E-state index in [9.17, 15) is 9.90 Å². The number of anilines is 1. The molecule has 4 N–H and O–H groups in total. The molecule has 2 rings (SSSR count). The number of nitrogens with two attached hydrogens (primary N) is 1. The summed E-state index contributed by atoms with van der Waals surface area (Å²) >= 11 is 0. The average Bonchev–Trinajstić information content (AvgIpc) is 2.47. The van der Waals surface area contributed by atoms with Gasteiger partial charge in [0.25, 0.3) is 0 Å². The summed E-state index contributed by atoms with van der Waals surface area (Å²) in [4.78, 5) is 11.2. The minimum atomic E-state index is -0.501. The normalized spacial score (nSPS) is 10.2. The zero-order valence-corrected chi connectivity index (χ0v) is 12.0.